The second-order valence-corrected chi connectivity index (χ2v) is 4.64. The van der Waals surface area contributed by atoms with E-state index in [0.717, 1.165) is 18.5 Å². The first-order valence-electron chi connectivity index (χ1n) is 6.47. The Morgan fingerprint density at radius 1 is 1.37 bits per heavy atom. The summed E-state index contributed by atoms with van der Waals surface area (Å²) in [5.41, 5.74) is 0.755. The van der Waals surface area contributed by atoms with E-state index < -0.39 is 0 Å². The van der Waals surface area contributed by atoms with Crippen molar-refractivity contribution in [2.75, 3.05) is 21.3 Å². The molecule has 1 aliphatic heterocycles. The minimum absolute atomic E-state index is 0.0293. The van der Waals surface area contributed by atoms with Gasteiger partial charge in [0.1, 0.15) is 5.69 Å². The van der Waals surface area contributed by atoms with E-state index in [1.54, 1.807) is 20.4 Å². The van der Waals surface area contributed by atoms with Gasteiger partial charge < -0.3 is 19.5 Å². The van der Waals surface area contributed by atoms with Gasteiger partial charge in [0.15, 0.2) is 0 Å². The molecule has 6 heteroatoms. The summed E-state index contributed by atoms with van der Waals surface area (Å²) in [6, 6.07) is -0.0293. The van der Waals surface area contributed by atoms with Crippen molar-refractivity contribution in [1.29, 1.82) is 0 Å². The van der Waals surface area contributed by atoms with Crippen LogP contribution >= 0.6 is 0 Å². The molecule has 1 saturated heterocycles. The number of hydrogen-bond acceptors (Lipinski definition) is 6. The zero-order chi connectivity index (χ0) is 13.8. The van der Waals surface area contributed by atoms with Crippen LogP contribution in [0.3, 0.4) is 0 Å². The Morgan fingerprint density at radius 3 is 2.68 bits per heavy atom. The molecule has 2 rings (SSSR count). The van der Waals surface area contributed by atoms with Crippen LogP contribution in [0, 0.1) is 0 Å². The number of methoxy groups -OCH3 is 2. The van der Waals surface area contributed by atoms with Crippen LogP contribution in [0.15, 0.2) is 6.20 Å². The smallest absolute Gasteiger partial charge is 0.240 e. The average Bonchev–Trinajstić information content (AvgIpc) is 2.86. The molecule has 3 unspecified atom stereocenters. The summed E-state index contributed by atoms with van der Waals surface area (Å²) in [6.45, 7) is 2.09. The fourth-order valence-corrected chi connectivity index (χ4v) is 2.41. The fourth-order valence-electron chi connectivity index (χ4n) is 2.41. The van der Waals surface area contributed by atoms with E-state index >= 15 is 0 Å². The summed E-state index contributed by atoms with van der Waals surface area (Å²) >= 11 is 0. The molecule has 3 atom stereocenters. The minimum Gasteiger partial charge on any atom is -0.480 e. The zero-order valence-electron chi connectivity index (χ0n) is 11.8. The lowest BCUT2D eigenvalue weighted by Gasteiger charge is -2.23. The van der Waals surface area contributed by atoms with Gasteiger partial charge in [-0.3, -0.25) is 0 Å². The standard InChI is InChI=1S/C13H21N3O3/c1-8-5-6-9(19-8)11(14-2)12-13(18-4)16-10(17-3)7-15-12/h7-9,11,14H,5-6H2,1-4H3. The second-order valence-electron chi connectivity index (χ2n) is 4.64. The van der Waals surface area contributed by atoms with Crippen molar-refractivity contribution in [2.45, 2.75) is 38.0 Å². The quantitative estimate of drug-likeness (QED) is 0.868. The SMILES string of the molecule is CNC(c1ncc(OC)nc1OC)C1CCC(C)O1. The summed E-state index contributed by atoms with van der Waals surface area (Å²) < 4.78 is 16.3. The van der Waals surface area contributed by atoms with E-state index in [2.05, 4.69) is 22.2 Å². The summed E-state index contributed by atoms with van der Waals surface area (Å²) in [7, 11) is 5.03. The molecule has 0 aromatic carbocycles. The van der Waals surface area contributed by atoms with Crippen molar-refractivity contribution >= 4 is 0 Å². The van der Waals surface area contributed by atoms with E-state index in [9.17, 15) is 0 Å². The van der Waals surface area contributed by atoms with Crippen LogP contribution in [0.5, 0.6) is 11.8 Å². The summed E-state index contributed by atoms with van der Waals surface area (Å²) in [6.07, 6.45) is 4.05. The largest absolute Gasteiger partial charge is 0.480 e. The molecule has 1 aromatic heterocycles. The Balaban J connectivity index is 2.27. The number of nitrogens with zero attached hydrogens (tertiary/aromatic N) is 2. The molecule has 0 aliphatic carbocycles. The molecule has 1 aromatic rings. The van der Waals surface area contributed by atoms with Gasteiger partial charge in [-0.05, 0) is 26.8 Å². The molecule has 0 radical (unpaired) electrons. The van der Waals surface area contributed by atoms with Crippen LogP contribution in [0.1, 0.15) is 31.5 Å². The first kappa shape index (κ1) is 14.0. The van der Waals surface area contributed by atoms with E-state index in [1.807, 2.05) is 7.05 Å². The predicted octanol–water partition coefficient (Wildman–Crippen LogP) is 1.32. The lowest BCUT2D eigenvalue weighted by atomic mass is 10.0. The van der Waals surface area contributed by atoms with Crippen LogP contribution in [-0.4, -0.2) is 43.4 Å². The Morgan fingerprint density at radius 2 is 2.16 bits per heavy atom. The highest BCUT2D eigenvalue weighted by atomic mass is 16.5. The van der Waals surface area contributed by atoms with E-state index in [1.165, 1.54) is 0 Å². The topological polar surface area (TPSA) is 65.5 Å². The van der Waals surface area contributed by atoms with Gasteiger partial charge in [0.25, 0.3) is 0 Å². The molecule has 6 nitrogen and oxygen atoms in total. The third-order valence-corrected chi connectivity index (χ3v) is 3.39. The molecule has 2 heterocycles. The van der Waals surface area contributed by atoms with Gasteiger partial charge in [-0.1, -0.05) is 0 Å². The minimum atomic E-state index is -0.0293. The van der Waals surface area contributed by atoms with E-state index in [4.69, 9.17) is 14.2 Å². The van der Waals surface area contributed by atoms with Gasteiger partial charge in [0.05, 0.1) is 38.7 Å². The number of hydrogen-bond donors (Lipinski definition) is 1. The maximum atomic E-state index is 5.91. The molecular formula is C13H21N3O3. The molecule has 106 valence electrons. The molecule has 19 heavy (non-hydrogen) atoms. The number of aromatic nitrogens is 2. The van der Waals surface area contributed by atoms with Crippen molar-refractivity contribution in [1.82, 2.24) is 15.3 Å². The molecule has 0 bridgehead atoms. The lowest BCUT2D eigenvalue weighted by Crippen LogP contribution is -2.31. The van der Waals surface area contributed by atoms with Crippen molar-refractivity contribution in [3.63, 3.8) is 0 Å². The maximum absolute atomic E-state index is 5.91. The number of rotatable bonds is 5. The molecule has 0 amide bonds. The van der Waals surface area contributed by atoms with Gasteiger partial charge in [-0.25, -0.2) is 4.98 Å². The number of nitrogens with one attached hydrogen (secondary N) is 1. The van der Waals surface area contributed by atoms with Gasteiger partial charge in [0, 0.05) is 0 Å². The van der Waals surface area contributed by atoms with Crippen LogP contribution in [0.4, 0.5) is 0 Å². The monoisotopic (exact) mass is 267 g/mol. The highest BCUT2D eigenvalue weighted by Gasteiger charge is 2.33. The molecule has 0 saturated carbocycles. The second kappa shape index (κ2) is 6.16. The fraction of sp³-hybridized carbons (Fsp3) is 0.692. The summed E-state index contributed by atoms with van der Waals surface area (Å²) in [5, 5.41) is 3.24. The van der Waals surface area contributed by atoms with Gasteiger partial charge in [0.2, 0.25) is 11.8 Å². The zero-order valence-corrected chi connectivity index (χ0v) is 11.8. The Labute approximate surface area is 113 Å². The summed E-state index contributed by atoms with van der Waals surface area (Å²) in [4.78, 5) is 8.67. The number of ether oxygens (including phenoxy) is 3. The third kappa shape index (κ3) is 2.96. The van der Waals surface area contributed by atoms with Crippen molar-refractivity contribution in [2.24, 2.45) is 0 Å². The molecule has 1 N–H and O–H groups in total. The first-order valence-corrected chi connectivity index (χ1v) is 6.47. The normalized spacial score (nSPS) is 24.2. The van der Waals surface area contributed by atoms with Crippen molar-refractivity contribution in [3.8, 4) is 11.8 Å². The maximum Gasteiger partial charge on any atom is 0.240 e. The van der Waals surface area contributed by atoms with Gasteiger partial charge in [-0.15, -0.1) is 0 Å². The highest BCUT2D eigenvalue weighted by Crippen LogP contribution is 2.32. The highest BCUT2D eigenvalue weighted by molar-refractivity contribution is 5.26. The van der Waals surface area contributed by atoms with Gasteiger partial charge >= 0.3 is 0 Å². The van der Waals surface area contributed by atoms with Crippen LogP contribution in [0.25, 0.3) is 0 Å². The average molecular weight is 267 g/mol. The first-order chi connectivity index (χ1) is 9.19. The van der Waals surface area contributed by atoms with Gasteiger partial charge in [-0.2, -0.15) is 4.98 Å². The lowest BCUT2D eigenvalue weighted by molar-refractivity contribution is 0.0316. The Bertz CT molecular complexity index is 428. The van der Waals surface area contributed by atoms with Crippen molar-refractivity contribution in [3.05, 3.63) is 11.9 Å². The predicted molar refractivity (Wildman–Crippen MR) is 70.5 cm³/mol. The molecule has 0 spiro atoms. The van der Waals surface area contributed by atoms with Crippen LogP contribution in [0.2, 0.25) is 0 Å². The third-order valence-electron chi connectivity index (χ3n) is 3.39. The molecule has 1 fully saturated rings. The van der Waals surface area contributed by atoms with Crippen molar-refractivity contribution < 1.29 is 14.2 Å². The van der Waals surface area contributed by atoms with E-state index in [0.29, 0.717) is 11.8 Å². The van der Waals surface area contributed by atoms with E-state index in [-0.39, 0.29) is 18.2 Å². The van der Waals surface area contributed by atoms with Crippen LogP contribution in [-0.2, 0) is 4.74 Å². The van der Waals surface area contributed by atoms with Crippen LogP contribution < -0.4 is 14.8 Å². The summed E-state index contributed by atoms with van der Waals surface area (Å²) in [5.74, 6) is 0.915. The Hall–Kier alpha value is -1.40. The molecule has 1 aliphatic rings. The molecular weight excluding hydrogens is 246 g/mol. The Kier molecular flexibility index (Phi) is 4.55. The number of likely N-dealkylation sites (N-methyl/N-ethyl adjacent to an activating group) is 1.